The van der Waals surface area contributed by atoms with E-state index in [-0.39, 0.29) is 21.9 Å². The van der Waals surface area contributed by atoms with Crippen molar-refractivity contribution in [3.05, 3.63) is 59.7 Å². The fourth-order valence-electron chi connectivity index (χ4n) is 3.96. The molecule has 1 spiro atoms. The predicted octanol–water partition coefficient (Wildman–Crippen LogP) is 3.74. The first-order valence-corrected chi connectivity index (χ1v) is 10.3. The molecule has 2 aliphatic carbocycles. The molecule has 0 atom stereocenters. The Morgan fingerprint density at radius 1 is 1.11 bits per heavy atom. The van der Waals surface area contributed by atoms with Crippen molar-refractivity contribution >= 4 is 15.8 Å². The lowest BCUT2D eigenvalue weighted by Crippen LogP contribution is -2.20. The first-order chi connectivity index (χ1) is 13.0. The largest absolute Gasteiger partial charge is 0.495 e. The minimum Gasteiger partial charge on any atom is -0.495 e. The molecule has 1 N–H and O–H groups in total. The number of para-hydroxylation sites is 1. The SMILES string of the molecule is COc1ccccc1S(=O)(=O)Nc1noc2c1CC1(CC1)c1ccccc1-2. The van der Waals surface area contributed by atoms with E-state index >= 15 is 0 Å². The van der Waals surface area contributed by atoms with E-state index in [4.69, 9.17) is 9.26 Å². The van der Waals surface area contributed by atoms with Crippen LogP contribution >= 0.6 is 0 Å². The highest BCUT2D eigenvalue weighted by Crippen LogP contribution is 2.58. The Hall–Kier alpha value is -2.80. The van der Waals surface area contributed by atoms with Gasteiger partial charge in [0.1, 0.15) is 10.6 Å². The number of benzene rings is 2. The quantitative estimate of drug-likeness (QED) is 0.743. The van der Waals surface area contributed by atoms with Crippen LogP contribution in [0.15, 0.2) is 57.9 Å². The van der Waals surface area contributed by atoms with Crippen molar-refractivity contribution in [3.8, 4) is 17.1 Å². The first-order valence-electron chi connectivity index (χ1n) is 8.78. The third-order valence-electron chi connectivity index (χ3n) is 5.49. The molecule has 7 heteroatoms. The second kappa shape index (κ2) is 5.60. The highest BCUT2D eigenvalue weighted by molar-refractivity contribution is 7.92. The molecule has 0 radical (unpaired) electrons. The van der Waals surface area contributed by atoms with Crippen LogP contribution in [0.2, 0.25) is 0 Å². The van der Waals surface area contributed by atoms with Gasteiger partial charge in [-0.2, -0.15) is 0 Å². The summed E-state index contributed by atoms with van der Waals surface area (Å²) in [5.74, 6) is 1.20. The molecular weight excluding hydrogens is 364 g/mol. The number of ether oxygens (including phenoxy) is 1. The molecule has 1 fully saturated rings. The first kappa shape index (κ1) is 16.4. The predicted molar refractivity (Wildman–Crippen MR) is 100 cm³/mol. The second-order valence-corrected chi connectivity index (χ2v) is 8.75. The zero-order chi connectivity index (χ0) is 18.6. The number of aromatic nitrogens is 1. The molecule has 2 aliphatic rings. The molecule has 3 aromatic rings. The average molecular weight is 382 g/mol. The topological polar surface area (TPSA) is 81.4 Å². The van der Waals surface area contributed by atoms with E-state index in [0.717, 1.165) is 30.4 Å². The van der Waals surface area contributed by atoms with Gasteiger partial charge in [-0.3, -0.25) is 4.72 Å². The molecule has 6 nitrogen and oxygen atoms in total. The zero-order valence-corrected chi connectivity index (χ0v) is 15.5. The maximum absolute atomic E-state index is 12.9. The molecular formula is C20H18N2O4S. The maximum atomic E-state index is 12.9. The van der Waals surface area contributed by atoms with Gasteiger partial charge < -0.3 is 9.26 Å². The summed E-state index contributed by atoms with van der Waals surface area (Å²) in [4.78, 5) is 0.0709. The van der Waals surface area contributed by atoms with Gasteiger partial charge in [0.15, 0.2) is 11.6 Å². The van der Waals surface area contributed by atoms with Crippen LogP contribution in [-0.4, -0.2) is 20.7 Å². The van der Waals surface area contributed by atoms with Gasteiger partial charge in [-0.1, -0.05) is 41.6 Å². The normalized spacial score (nSPS) is 16.5. The smallest absolute Gasteiger partial charge is 0.266 e. The van der Waals surface area contributed by atoms with Gasteiger partial charge in [0, 0.05) is 16.5 Å². The van der Waals surface area contributed by atoms with E-state index in [2.05, 4.69) is 15.9 Å². The lowest BCUT2D eigenvalue weighted by atomic mass is 9.79. The fourth-order valence-corrected chi connectivity index (χ4v) is 5.16. The standard InChI is InChI=1S/C20H18N2O4S/c1-25-16-8-4-5-9-17(16)27(23,24)22-19-14-12-20(10-11-20)15-7-3-2-6-13(15)18(14)26-21-19/h2-9H,10-12H2,1H3,(H,21,22). The Bertz CT molecular complexity index is 1150. The van der Waals surface area contributed by atoms with Crippen molar-refractivity contribution < 1.29 is 17.7 Å². The van der Waals surface area contributed by atoms with Crippen molar-refractivity contribution in [3.63, 3.8) is 0 Å². The molecule has 1 saturated carbocycles. The summed E-state index contributed by atoms with van der Waals surface area (Å²) in [6.45, 7) is 0. The third kappa shape index (κ3) is 2.45. The Morgan fingerprint density at radius 3 is 2.63 bits per heavy atom. The molecule has 5 rings (SSSR count). The van der Waals surface area contributed by atoms with Crippen LogP contribution in [0.4, 0.5) is 5.82 Å². The summed E-state index contributed by atoms with van der Waals surface area (Å²) in [6, 6.07) is 14.6. The van der Waals surface area contributed by atoms with Crippen LogP contribution in [0.3, 0.4) is 0 Å². The van der Waals surface area contributed by atoms with Crippen molar-refractivity contribution in [2.75, 3.05) is 11.8 Å². The molecule has 2 aromatic carbocycles. The molecule has 1 heterocycles. The highest BCUT2D eigenvalue weighted by Gasteiger charge is 2.50. The van der Waals surface area contributed by atoms with Crippen LogP contribution in [0.25, 0.3) is 11.3 Å². The number of nitrogens with zero attached hydrogens (tertiary/aromatic N) is 1. The molecule has 1 aromatic heterocycles. The van der Waals surface area contributed by atoms with E-state index in [1.807, 2.05) is 18.2 Å². The summed E-state index contributed by atoms with van der Waals surface area (Å²) in [7, 11) is -2.41. The third-order valence-corrected chi connectivity index (χ3v) is 6.87. The van der Waals surface area contributed by atoms with E-state index in [0.29, 0.717) is 5.76 Å². The van der Waals surface area contributed by atoms with Crippen molar-refractivity contribution in [2.45, 2.75) is 29.6 Å². The summed E-state index contributed by atoms with van der Waals surface area (Å²) in [6.07, 6.45) is 2.91. The number of sulfonamides is 1. The summed E-state index contributed by atoms with van der Waals surface area (Å²) < 4.78 is 39.2. The summed E-state index contributed by atoms with van der Waals surface area (Å²) >= 11 is 0. The van der Waals surface area contributed by atoms with Gasteiger partial charge in [0.25, 0.3) is 10.0 Å². The second-order valence-electron chi connectivity index (χ2n) is 7.10. The van der Waals surface area contributed by atoms with Crippen LogP contribution in [-0.2, 0) is 21.9 Å². The molecule has 0 amide bonds. The molecule has 0 unspecified atom stereocenters. The van der Waals surface area contributed by atoms with Crippen LogP contribution in [0.1, 0.15) is 24.0 Å². The van der Waals surface area contributed by atoms with E-state index < -0.39 is 10.0 Å². The monoisotopic (exact) mass is 382 g/mol. The van der Waals surface area contributed by atoms with Crippen molar-refractivity contribution in [1.29, 1.82) is 0 Å². The minimum atomic E-state index is -3.85. The number of hydrogen-bond donors (Lipinski definition) is 1. The molecule has 0 aliphatic heterocycles. The van der Waals surface area contributed by atoms with E-state index in [1.54, 1.807) is 18.2 Å². The average Bonchev–Trinajstić information content (AvgIpc) is 3.35. The lowest BCUT2D eigenvalue weighted by Gasteiger charge is -2.24. The highest BCUT2D eigenvalue weighted by atomic mass is 32.2. The maximum Gasteiger partial charge on any atom is 0.266 e. The van der Waals surface area contributed by atoms with Crippen LogP contribution in [0.5, 0.6) is 5.75 Å². The Balaban J connectivity index is 1.58. The molecule has 0 saturated heterocycles. The van der Waals surface area contributed by atoms with Gasteiger partial charge >= 0.3 is 0 Å². The number of nitrogens with one attached hydrogen (secondary N) is 1. The number of rotatable bonds is 4. The van der Waals surface area contributed by atoms with Crippen molar-refractivity contribution in [1.82, 2.24) is 5.16 Å². The Labute approximate surface area is 157 Å². The summed E-state index contributed by atoms with van der Waals surface area (Å²) in [5, 5.41) is 4.05. The van der Waals surface area contributed by atoms with Gasteiger partial charge in [-0.25, -0.2) is 8.42 Å². The minimum absolute atomic E-state index is 0.0709. The number of fused-ring (bicyclic) bond motifs is 4. The van der Waals surface area contributed by atoms with Gasteiger partial charge in [0.05, 0.1) is 7.11 Å². The van der Waals surface area contributed by atoms with Crippen LogP contribution in [0, 0.1) is 0 Å². The zero-order valence-electron chi connectivity index (χ0n) is 14.7. The summed E-state index contributed by atoms with van der Waals surface area (Å²) in [5.41, 5.74) is 3.18. The molecule has 0 bridgehead atoms. The number of hydrogen-bond acceptors (Lipinski definition) is 5. The number of methoxy groups -OCH3 is 1. The fraction of sp³-hybridized carbons (Fsp3) is 0.250. The Morgan fingerprint density at radius 2 is 1.85 bits per heavy atom. The Kier molecular flexibility index (Phi) is 3.40. The van der Waals surface area contributed by atoms with Crippen LogP contribution < -0.4 is 9.46 Å². The molecule has 27 heavy (non-hydrogen) atoms. The van der Waals surface area contributed by atoms with Gasteiger partial charge in [-0.05, 0) is 37.0 Å². The molecule has 138 valence electrons. The number of anilines is 1. The van der Waals surface area contributed by atoms with Gasteiger partial charge in [-0.15, -0.1) is 0 Å². The van der Waals surface area contributed by atoms with Crippen molar-refractivity contribution in [2.24, 2.45) is 0 Å². The van der Waals surface area contributed by atoms with Gasteiger partial charge in [0.2, 0.25) is 0 Å². The lowest BCUT2D eigenvalue weighted by molar-refractivity contribution is 0.403. The van der Waals surface area contributed by atoms with E-state index in [1.165, 1.54) is 18.7 Å². The van der Waals surface area contributed by atoms with E-state index in [9.17, 15) is 8.42 Å².